The van der Waals surface area contributed by atoms with Gasteiger partial charge in [0.15, 0.2) is 5.76 Å². The van der Waals surface area contributed by atoms with Crippen LogP contribution in [0.2, 0.25) is 0 Å². The Morgan fingerprint density at radius 1 is 1.17 bits per heavy atom. The summed E-state index contributed by atoms with van der Waals surface area (Å²) in [4.78, 5) is 4.77. The molecule has 0 amide bonds. The molecule has 1 N–H and O–H groups in total. The van der Waals surface area contributed by atoms with Crippen molar-refractivity contribution >= 4 is 21.4 Å². The first-order chi connectivity index (χ1) is 14.2. The number of hydrogen-bond donors (Lipinski definition) is 1. The third-order valence-electron chi connectivity index (χ3n) is 5.22. The molecule has 158 valence electrons. The average molecular weight is 431 g/mol. The van der Waals surface area contributed by atoms with E-state index in [1.807, 2.05) is 19.1 Å². The van der Waals surface area contributed by atoms with Crippen LogP contribution in [0.15, 0.2) is 45.8 Å². The molecule has 3 aromatic rings. The van der Waals surface area contributed by atoms with Gasteiger partial charge in [-0.05, 0) is 57.5 Å². The number of anilines is 2. The Bertz CT molecular complexity index is 1170. The van der Waals surface area contributed by atoms with Crippen molar-refractivity contribution in [1.82, 2.24) is 14.4 Å². The minimum absolute atomic E-state index is 0.0341. The first kappa shape index (κ1) is 20.5. The van der Waals surface area contributed by atoms with Crippen LogP contribution in [0.5, 0.6) is 0 Å². The molecular formula is C21H23FN4O3S. The molecule has 7 nitrogen and oxygen atoms in total. The summed E-state index contributed by atoms with van der Waals surface area (Å²) in [5.41, 5.74) is 3.41. The Morgan fingerprint density at radius 2 is 1.97 bits per heavy atom. The third kappa shape index (κ3) is 3.95. The van der Waals surface area contributed by atoms with E-state index in [2.05, 4.69) is 15.5 Å². The summed E-state index contributed by atoms with van der Waals surface area (Å²) in [5, 5.41) is 6.97. The van der Waals surface area contributed by atoms with Gasteiger partial charge in [0.25, 0.3) is 0 Å². The quantitative estimate of drug-likeness (QED) is 0.657. The Balaban J connectivity index is 1.56. The van der Waals surface area contributed by atoms with Crippen molar-refractivity contribution in [3.63, 3.8) is 0 Å². The van der Waals surface area contributed by atoms with Crippen LogP contribution in [-0.4, -0.2) is 36.0 Å². The molecule has 1 fully saturated rings. The highest BCUT2D eigenvalue weighted by Gasteiger charge is 2.37. The zero-order chi connectivity index (χ0) is 21.5. The number of sulfonamides is 1. The standard InChI is InChI=1S/C21H23FN4O3S/c1-13-9-19(24-18-6-4-5-17(22)10-18)11-20(23-13)16-7-8-26(12-16)30(27,28)21-14(2)25-29-15(21)3/h4-6,9-11,16H,7-8,12H2,1-3H3,(H,23,24)/t16-/m1/s1. The van der Waals surface area contributed by atoms with Gasteiger partial charge in [-0.25, -0.2) is 12.8 Å². The summed E-state index contributed by atoms with van der Waals surface area (Å²) in [5.74, 6) is -0.0543. The van der Waals surface area contributed by atoms with Gasteiger partial charge in [-0.3, -0.25) is 4.98 Å². The molecule has 0 bridgehead atoms. The largest absolute Gasteiger partial charge is 0.360 e. The summed E-state index contributed by atoms with van der Waals surface area (Å²) >= 11 is 0. The van der Waals surface area contributed by atoms with Gasteiger partial charge in [0.2, 0.25) is 10.0 Å². The lowest BCUT2D eigenvalue weighted by molar-refractivity contribution is 0.389. The van der Waals surface area contributed by atoms with Gasteiger partial charge < -0.3 is 9.84 Å². The number of nitrogens with zero attached hydrogens (tertiary/aromatic N) is 3. The maximum atomic E-state index is 13.5. The van der Waals surface area contributed by atoms with Gasteiger partial charge in [0, 0.05) is 41.8 Å². The maximum absolute atomic E-state index is 13.5. The number of pyridine rings is 1. The molecule has 9 heteroatoms. The number of halogens is 1. The van der Waals surface area contributed by atoms with E-state index in [-0.39, 0.29) is 16.6 Å². The summed E-state index contributed by atoms with van der Waals surface area (Å²) in [7, 11) is -3.68. The zero-order valence-electron chi connectivity index (χ0n) is 17.0. The number of rotatable bonds is 5. The molecule has 1 aliphatic heterocycles. The number of aromatic nitrogens is 2. The Kier molecular flexibility index (Phi) is 5.33. The van der Waals surface area contributed by atoms with Crippen molar-refractivity contribution in [2.45, 2.75) is 38.0 Å². The van der Waals surface area contributed by atoms with Crippen LogP contribution in [0, 0.1) is 26.6 Å². The fraction of sp³-hybridized carbons (Fsp3) is 0.333. The second-order valence-corrected chi connectivity index (χ2v) is 9.43. The van der Waals surface area contributed by atoms with Gasteiger partial charge in [-0.2, -0.15) is 4.31 Å². The van der Waals surface area contributed by atoms with Crippen LogP contribution in [0.25, 0.3) is 0 Å². The van der Waals surface area contributed by atoms with E-state index in [9.17, 15) is 12.8 Å². The molecule has 4 rings (SSSR count). The van der Waals surface area contributed by atoms with Crippen molar-refractivity contribution < 1.29 is 17.3 Å². The molecule has 0 saturated carbocycles. The fourth-order valence-electron chi connectivity index (χ4n) is 3.87. The van der Waals surface area contributed by atoms with Gasteiger partial charge in [-0.15, -0.1) is 0 Å². The Morgan fingerprint density at radius 3 is 2.67 bits per heavy atom. The van der Waals surface area contributed by atoms with Gasteiger partial charge in [-0.1, -0.05) is 11.2 Å². The van der Waals surface area contributed by atoms with Crippen molar-refractivity contribution in [3.8, 4) is 0 Å². The van der Waals surface area contributed by atoms with Crippen LogP contribution in [0.4, 0.5) is 15.8 Å². The van der Waals surface area contributed by atoms with E-state index in [1.165, 1.54) is 16.4 Å². The smallest absolute Gasteiger partial charge is 0.248 e. The minimum Gasteiger partial charge on any atom is -0.360 e. The average Bonchev–Trinajstić information content (AvgIpc) is 3.29. The van der Waals surface area contributed by atoms with E-state index < -0.39 is 10.0 Å². The molecule has 3 heterocycles. The molecule has 1 aromatic carbocycles. The second kappa shape index (κ2) is 7.81. The van der Waals surface area contributed by atoms with Gasteiger partial charge in [0.1, 0.15) is 16.4 Å². The molecule has 1 atom stereocenters. The number of nitrogens with one attached hydrogen (secondary N) is 1. The summed E-state index contributed by atoms with van der Waals surface area (Å²) in [6.45, 7) is 5.85. The fourth-order valence-corrected chi connectivity index (χ4v) is 5.66. The maximum Gasteiger partial charge on any atom is 0.248 e. The highest BCUT2D eigenvalue weighted by Crippen LogP contribution is 2.33. The predicted octanol–water partition coefficient (Wildman–Crippen LogP) is 4.06. The Hall–Kier alpha value is -2.78. The molecule has 0 unspecified atom stereocenters. The molecule has 2 aromatic heterocycles. The molecule has 1 aliphatic rings. The first-order valence-electron chi connectivity index (χ1n) is 9.68. The normalized spacial score (nSPS) is 17.4. The molecule has 1 saturated heterocycles. The van der Waals surface area contributed by atoms with Crippen LogP contribution >= 0.6 is 0 Å². The minimum atomic E-state index is -3.68. The third-order valence-corrected chi connectivity index (χ3v) is 7.33. The number of aryl methyl sites for hydroxylation is 3. The van der Waals surface area contributed by atoms with E-state index >= 15 is 0 Å². The van der Waals surface area contributed by atoms with Crippen molar-refractivity contribution in [2.24, 2.45) is 0 Å². The van der Waals surface area contributed by atoms with Crippen LogP contribution in [-0.2, 0) is 10.0 Å². The lowest BCUT2D eigenvalue weighted by atomic mass is 10.0. The van der Waals surface area contributed by atoms with Crippen molar-refractivity contribution in [1.29, 1.82) is 0 Å². The van der Waals surface area contributed by atoms with E-state index in [0.29, 0.717) is 36.7 Å². The predicted molar refractivity (Wildman–Crippen MR) is 111 cm³/mol. The van der Waals surface area contributed by atoms with Crippen LogP contribution in [0.3, 0.4) is 0 Å². The summed E-state index contributed by atoms with van der Waals surface area (Å²) in [6, 6.07) is 10.0. The van der Waals surface area contributed by atoms with Crippen molar-refractivity contribution in [2.75, 3.05) is 18.4 Å². The van der Waals surface area contributed by atoms with E-state index in [0.717, 1.165) is 17.1 Å². The molecule has 0 spiro atoms. The molecular weight excluding hydrogens is 407 g/mol. The lowest BCUT2D eigenvalue weighted by Gasteiger charge is -2.17. The molecule has 30 heavy (non-hydrogen) atoms. The topological polar surface area (TPSA) is 88.3 Å². The molecule has 0 radical (unpaired) electrons. The Labute approximate surface area is 175 Å². The van der Waals surface area contributed by atoms with Crippen molar-refractivity contribution in [3.05, 3.63) is 65.1 Å². The van der Waals surface area contributed by atoms with Crippen LogP contribution in [0.1, 0.15) is 35.2 Å². The second-order valence-electron chi connectivity index (χ2n) is 7.56. The van der Waals surface area contributed by atoms with E-state index in [1.54, 1.807) is 26.0 Å². The highest BCUT2D eigenvalue weighted by molar-refractivity contribution is 7.89. The van der Waals surface area contributed by atoms with E-state index in [4.69, 9.17) is 4.52 Å². The summed E-state index contributed by atoms with van der Waals surface area (Å²) in [6.07, 6.45) is 0.665. The molecule has 0 aliphatic carbocycles. The number of hydrogen-bond acceptors (Lipinski definition) is 6. The van der Waals surface area contributed by atoms with Crippen LogP contribution < -0.4 is 5.32 Å². The monoisotopic (exact) mass is 430 g/mol. The first-order valence-corrected chi connectivity index (χ1v) is 11.1. The number of benzene rings is 1. The van der Waals surface area contributed by atoms with Gasteiger partial charge >= 0.3 is 0 Å². The SMILES string of the molecule is Cc1cc(Nc2cccc(F)c2)cc([C@@H]2CCN(S(=O)(=O)c3c(C)noc3C)C2)n1. The van der Waals surface area contributed by atoms with Gasteiger partial charge in [0.05, 0.1) is 0 Å². The summed E-state index contributed by atoms with van der Waals surface area (Å²) < 4.78 is 46.1. The highest BCUT2D eigenvalue weighted by atomic mass is 32.2. The lowest BCUT2D eigenvalue weighted by Crippen LogP contribution is -2.29. The zero-order valence-corrected chi connectivity index (χ0v) is 17.8.